The van der Waals surface area contributed by atoms with E-state index in [1.807, 2.05) is 0 Å². The fourth-order valence-electron chi connectivity index (χ4n) is 4.13. The Hall–Kier alpha value is -0.120. The molecule has 0 radical (unpaired) electrons. The minimum absolute atomic E-state index is 0. The van der Waals surface area contributed by atoms with Gasteiger partial charge in [-0.05, 0) is 64.6 Å². The van der Waals surface area contributed by atoms with Gasteiger partial charge in [0.05, 0.1) is 26.2 Å². The Labute approximate surface area is 199 Å². The largest absolute Gasteiger partial charge is 0.870 e. The first-order chi connectivity index (χ1) is 14.6. The Morgan fingerprint density at radius 1 is 0.387 bits per heavy atom. The van der Waals surface area contributed by atoms with E-state index >= 15 is 0 Å². The molecule has 31 heavy (non-hydrogen) atoms. The molecule has 0 aromatic carbocycles. The molecule has 0 aliphatic rings. The smallest absolute Gasteiger partial charge is 0.0786 e. The third-order valence-electron chi connectivity index (χ3n) is 6.43. The fourth-order valence-corrected chi connectivity index (χ4v) is 4.13. The third-order valence-corrected chi connectivity index (χ3v) is 6.43. The van der Waals surface area contributed by atoms with Crippen molar-refractivity contribution in [1.82, 2.24) is 4.90 Å². The van der Waals surface area contributed by atoms with Gasteiger partial charge in [-0.3, -0.25) is 0 Å². The summed E-state index contributed by atoms with van der Waals surface area (Å²) >= 11 is 0. The van der Waals surface area contributed by atoms with E-state index in [4.69, 9.17) is 0 Å². The van der Waals surface area contributed by atoms with Crippen LogP contribution in [0.1, 0.15) is 138 Å². The van der Waals surface area contributed by atoms with Crippen LogP contribution in [0.25, 0.3) is 0 Å². The lowest BCUT2D eigenvalue weighted by Gasteiger charge is -2.39. The first-order valence-corrected chi connectivity index (χ1v) is 14.2. The van der Waals surface area contributed by atoms with Crippen LogP contribution in [0.4, 0.5) is 0 Å². The number of quaternary nitrogens is 1. The van der Waals surface area contributed by atoms with Gasteiger partial charge in [-0.25, -0.2) is 0 Å². The molecular formula is C28H64N2O. The van der Waals surface area contributed by atoms with Gasteiger partial charge in [0.15, 0.2) is 0 Å². The molecule has 3 nitrogen and oxygen atoms in total. The topological polar surface area (TPSA) is 33.2 Å². The molecule has 0 heterocycles. The quantitative estimate of drug-likeness (QED) is 0.166. The van der Waals surface area contributed by atoms with Crippen LogP contribution < -0.4 is 0 Å². The SMILES string of the molecule is CCCCN(CCCC)CCCC.CCCC[N+](CCCC)(CCCC)CCCC.[OH-]. The molecule has 0 aromatic heterocycles. The first-order valence-electron chi connectivity index (χ1n) is 14.2. The Balaban J connectivity index is -0.000000507. The van der Waals surface area contributed by atoms with Crippen LogP contribution in [0.5, 0.6) is 0 Å². The maximum atomic E-state index is 2.64. The molecule has 0 unspecified atom stereocenters. The average Bonchev–Trinajstić information content (AvgIpc) is 2.78. The van der Waals surface area contributed by atoms with Gasteiger partial charge >= 0.3 is 0 Å². The molecule has 0 rings (SSSR count). The van der Waals surface area contributed by atoms with Crippen molar-refractivity contribution in [3.63, 3.8) is 0 Å². The molecule has 0 aliphatic heterocycles. The number of nitrogens with zero attached hydrogens (tertiary/aromatic N) is 2. The van der Waals surface area contributed by atoms with Gasteiger partial charge in [-0.2, -0.15) is 0 Å². The second-order valence-electron chi connectivity index (χ2n) is 9.55. The maximum absolute atomic E-state index is 2.64. The summed E-state index contributed by atoms with van der Waals surface area (Å²) in [6.07, 6.45) is 19.2. The van der Waals surface area contributed by atoms with Crippen molar-refractivity contribution in [3.05, 3.63) is 0 Å². The Kier molecular flexibility index (Phi) is 31.9. The molecule has 0 amide bonds. The number of hydrogen-bond donors (Lipinski definition) is 0. The summed E-state index contributed by atoms with van der Waals surface area (Å²) in [5, 5.41) is 0. The predicted molar refractivity (Wildman–Crippen MR) is 142 cm³/mol. The molecular weight excluding hydrogens is 380 g/mol. The van der Waals surface area contributed by atoms with Crippen LogP contribution in [-0.2, 0) is 0 Å². The predicted octanol–water partition coefficient (Wildman–Crippen LogP) is 8.52. The lowest BCUT2D eigenvalue weighted by Crippen LogP contribution is -2.50. The zero-order valence-corrected chi connectivity index (χ0v) is 23.2. The minimum atomic E-state index is 0. The van der Waals surface area contributed by atoms with Crippen LogP contribution in [-0.4, -0.2) is 60.7 Å². The molecule has 0 aliphatic carbocycles. The van der Waals surface area contributed by atoms with E-state index in [1.165, 1.54) is 140 Å². The van der Waals surface area contributed by atoms with Crippen molar-refractivity contribution in [2.75, 3.05) is 45.8 Å². The highest BCUT2D eigenvalue weighted by molar-refractivity contribution is 4.57. The van der Waals surface area contributed by atoms with E-state index in [1.54, 1.807) is 0 Å². The zero-order chi connectivity index (χ0) is 22.9. The molecule has 0 aromatic rings. The summed E-state index contributed by atoms with van der Waals surface area (Å²) < 4.78 is 1.42. The fraction of sp³-hybridized carbons (Fsp3) is 1.00. The molecule has 192 valence electrons. The second-order valence-corrected chi connectivity index (χ2v) is 9.55. The Morgan fingerprint density at radius 2 is 0.613 bits per heavy atom. The van der Waals surface area contributed by atoms with Crippen LogP contribution >= 0.6 is 0 Å². The summed E-state index contributed by atoms with van der Waals surface area (Å²) in [6, 6.07) is 0. The van der Waals surface area contributed by atoms with Crippen LogP contribution in [0.3, 0.4) is 0 Å². The van der Waals surface area contributed by atoms with Crippen LogP contribution in [0, 0.1) is 0 Å². The van der Waals surface area contributed by atoms with Crippen LogP contribution in [0.15, 0.2) is 0 Å². The monoisotopic (exact) mass is 445 g/mol. The van der Waals surface area contributed by atoms with Gasteiger partial charge in [-0.15, -0.1) is 0 Å². The van der Waals surface area contributed by atoms with E-state index in [0.717, 1.165) is 0 Å². The molecule has 0 bridgehead atoms. The van der Waals surface area contributed by atoms with E-state index in [-0.39, 0.29) is 5.48 Å². The number of unbranched alkanes of at least 4 members (excludes halogenated alkanes) is 7. The normalized spacial score (nSPS) is 11.2. The molecule has 1 N–H and O–H groups in total. The number of rotatable bonds is 21. The highest BCUT2D eigenvalue weighted by Gasteiger charge is 2.24. The van der Waals surface area contributed by atoms with E-state index in [9.17, 15) is 0 Å². The standard InChI is InChI=1S/C16H36N.C12H27N.H2O/c1-5-9-13-17(14-10-6-2,15-11-7-3)16-12-8-4;1-4-7-10-13(11-8-5-2)12-9-6-3;/h5-16H2,1-4H3;4-12H2,1-3H3;1H2/q+1;;/p-1. The summed E-state index contributed by atoms with van der Waals surface area (Å²) in [7, 11) is 0. The summed E-state index contributed by atoms with van der Waals surface area (Å²) in [5.74, 6) is 0. The van der Waals surface area contributed by atoms with Gasteiger partial charge in [0, 0.05) is 0 Å². The summed E-state index contributed by atoms with van der Waals surface area (Å²) in [5.41, 5.74) is 0. The summed E-state index contributed by atoms with van der Waals surface area (Å²) in [6.45, 7) is 25.8. The van der Waals surface area contributed by atoms with Crippen molar-refractivity contribution in [3.8, 4) is 0 Å². The van der Waals surface area contributed by atoms with E-state index in [2.05, 4.69) is 53.4 Å². The van der Waals surface area contributed by atoms with Crippen molar-refractivity contribution in [1.29, 1.82) is 0 Å². The highest BCUT2D eigenvalue weighted by atomic mass is 16.0. The average molecular weight is 445 g/mol. The Morgan fingerprint density at radius 3 is 0.806 bits per heavy atom. The molecule has 0 saturated heterocycles. The lowest BCUT2D eigenvalue weighted by molar-refractivity contribution is -0.929. The summed E-state index contributed by atoms with van der Waals surface area (Å²) in [4.78, 5) is 2.64. The number of hydrogen-bond acceptors (Lipinski definition) is 2. The second kappa shape index (κ2) is 27.9. The Bertz CT molecular complexity index is 253. The molecule has 0 spiro atoms. The van der Waals surface area contributed by atoms with Crippen molar-refractivity contribution >= 4 is 0 Å². The minimum Gasteiger partial charge on any atom is -0.870 e. The van der Waals surface area contributed by atoms with Gasteiger partial charge < -0.3 is 14.9 Å². The maximum Gasteiger partial charge on any atom is 0.0786 e. The van der Waals surface area contributed by atoms with E-state index in [0.29, 0.717) is 0 Å². The first kappa shape index (κ1) is 35.5. The lowest BCUT2D eigenvalue weighted by atomic mass is 10.1. The molecule has 3 heteroatoms. The van der Waals surface area contributed by atoms with Crippen molar-refractivity contribution in [2.24, 2.45) is 0 Å². The third kappa shape index (κ3) is 22.9. The van der Waals surface area contributed by atoms with Gasteiger partial charge in [0.1, 0.15) is 0 Å². The highest BCUT2D eigenvalue weighted by Crippen LogP contribution is 2.16. The zero-order valence-electron chi connectivity index (χ0n) is 23.2. The molecule has 0 atom stereocenters. The van der Waals surface area contributed by atoms with Crippen molar-refractivity contribution < 1.29 is 9.96 Å². The van der Waals surface area contributed by atoms with Gasteiger partial charge in [-0.1, -0.05) is 93.4 Å². The van der Waals surface area contributed by atoms with Gasteiger partial charge in [0.25, 0.3) is 0 Å². The molecule has 0 saturated carbocycles. The van der Waals surface area contributed by atoms with Gasteiger partial charge in [0.2, 0.25) is 0 Å². The van der Waals surface area contributed by atoms with E-state index < -0.39 is 0 Å². The molecule has 0 fully saturated rings. The van der Waals surface area contributed by atoms with Crippen molar-refractivity contribution in [2.45, 2.75) is 138 Å². The van der Waals surface area contributed by atoms with Crippen LogP contribution in [0.2, 0.25) is 0 Å².